The molecule has 26 heavy (non-hydrogen) atoms. The number of carbonyl (C=O) groups is 5. The predicted molar refractivity (Wildman–Crippen MR) is 84.4 cm³/mol. The van der Waals surface area contributed by atoms with E-state index in [-0.39, 0.29) is 6.29 Å². The van der Waals surface area contributed by atoms with Crippen molar-refractivity contribution in [3.05, 3.63) is 0 Å². The van der Waals surface area contributed by atoms with Gasteiger partial charge in [-0.3, -0.25) is 19.2 Å². The van der Waals surface area contributed by atoms with E-state index in [1.165, 1.54) is 0 Å². The highest BCUT2D eigenvalue weighted by atomic mass is 16.4. The van der Waals surface area contributed by atoms with Crippen LogP contribution in [-0.2, 0) is 24.0 Å². The zero-order valence-corrected chi connectivity index (χ0v) is 14.6. The highest BCUT2D eigenvalue weighted by Gasteiger charge is 2.22. The van der Waals surface area contributed by atoms with E-state index in [9.17, 15) is 4.79 Å². The van der Waals surface area contributed by atoms with Crippen LogP contribution in [0.1, 0.15) is 27.7 Å². The van der Waals surface area contributed by atoms with Crippen LogP contribution in [0, 0.1) is 0 Å². The Morgan fingerprint density at radius 2 is 0.923 bits per heavy atom. The van der Waals surface area contributed by atoms with Gasteiger partial charge in [0, 0.05) is 27.7 Å². The molecular weight excluding hydrogens is 364 g/mol. The number of rotatable bonds is 4. The van der Waals surface area contributed by atoms with E-state index in [1.54, 1.807) is 0 Å². The van der Waals surface area contributed by atoms with E-state index < -0.39 is 48.8 Å². The number of aliphatic hydroxyl groups excluding tert-OH is 4. The van der Waals surface area contributed by atoms with Crippen LogP contribution >= 0.6 is 0 Å². The normalized spacial score (nSPS) is 11.4. The Labute approximate surface area is 148 Å². The molecule has 13 heteroatoms. The molecule has 0 saturated carbocycles. The number of aliphatic carboxylic acids is 4. The minimum atomic E-state index is -1.64. The zero-order chi connectivity index (χ0) is 22.5. The van der Waals surface area contributed by atoms with Crippen LogP contribution in [0.4, 0.5) is 0 Å². The summed E-state index contributed by atoms with van der Waals surface area (Å²) in [4.78, 5) is 45.8. The molecule has 0 aromatic carbocycles. The molecular formula is C13H26O13. The molecule has 0 fully saturated rings. The van der Waals surface area contributed by atoms with Crippen molar-refractivity contribution >= 4 is 30.2 Å². The van der Waals surface area contributed by atoms with E-state index >= 15 is 0 Å². The van der Waals surface area contributed by atoms with Gasteiger partial charge in [-0.05, 0) is 0 Å². The van der Waals surface area contributed by atoms with Crippen LogP contribution in [0.2, 0.25) is 0 Å². The van der Waals surface area contributed by atoms with Crippen molar-refractivity contribution in [1.29, 1.82) is 0 Å². The second kappa shape index (κ2) is 24.6. The van der Waals surface area contributed by atoms with Gasteiger partial charge in [-0.1, -0.05) is 0 Å². The molecule has 0 unspecified atom stereocenters. The Morgan fingerprint density at radius 3 is 1.04 bits per heavy atom. The van der Waals surface area contributed by atoms with Crippen LogP contribution in [0.15, 0.2) is 0 Å². The average molecular weight is 390 g/mol. The Bertz CT molecular complexity index is 329. The fourth-order valence-electron chi connectivity index (χ4n) is 0.416. The minimum absolute atomic E-state index is 0.0869. The Balaban J connectivity index is -0.0000000776. The zero-order valence-electron chi connectivity index (χ0n) is 14.6. The molecule has 0 spiro atoms. The van der Waals surface area contributed by atoms with E-state index in [0.717, 1.165) is 27.7 Å². The highest BCUT2D eigenvalue weighted by Crippen LogP contribution is 1.96. The molecule has 0 heterocycles. The lowest BCUT2D eigenvalue weighted by Crippen LogP contribution is -2.40. The van der Waals surface area contributed by atoms with E-state index in [1.807, 2.05) is 0 Å². The quantitative estimate of drug-likeness (QED) is 0.234. The first kappa shape index (κ1) is 34.7. The van der Waals surface area contributed by atoms with Crippen LogP contribution in [0.5, 0.6) is 0 Å². The number of aliphatic hydroxyl groups is 4. The first-order chi connectivity index (χ1) is 11.6. The number of aldehydes is 1. The lowest BCUT2D eigenvalue weighted by atomic mass is 10.1. The van der Waals surface area contributed by atoms with Crippen molar-refractivity contribution in [3.63, 3.8) is 0 Å². The third-order valence-corrected chi connectivity index (χ3v) is 1.07. The second-order valence-electron chi connectivity index (χ2n) is 3.94. The SMILES string of the molecule is CC(=O)O.CC(=O)O.CC(=O)O.CC(=O)O.O=C[C@H](O)[C@@H](O)[C@H](O)CO. The number of carbonyl (C=O) groups excluding carboxylic acids is 1. The van der Waals surface area contributed by atoms with Crippen molar-refractivity contribution in [3.8, 4) is 0 Å². The van der Waals surface area contributed by atoms with E-state index in [2.05, 4.69) is 0 Å². The fourth-order valence-corrected chi connectivity index (χ4v) is 0.416. The monoisotopic (exact) mass is 390 g/mol. The maximum absolute atomic E-state index is 9.76. The summed E-state index contributed by atoms with van der Waals surface area (Å²) in [6.07, 6.45) is -4.63. The number of hydrogen-bond acceptors (Lipinski definition) is 9. The third kappa shape index (κ3) is 101. The van der Waals surface area contributed by atoms with E-state index in [4.69, 9.17) is 60.0 Å². The lowest BCUT2D eigenvalue weighted by Gasteiger charge is -2.16. The van der Waals surface area contributed by atoms with Crippen molar-refractivity contribution in [1.82, 2.24) is 0 Å². The largest absolute Gasteiger partial charge is 0.481 e. The summed E-state index contributed by atoms with van der Waals surface area (Å²) in [5.41, 5.74) is 0. The Kier molecular flexibility index (Phi) is 32.9. The minimum Gasteiger partial charge on any atom is -0.481 e. The van der Waals surface area contributed by atoms with Gasteiger partial charge in [0.05, 0.1) is 6.61 Å². The molecule has 0 radical (unpaired) electrons. The van der Waals surface area contributed by atoms with Gasteiger partial charge in [-0.25, -0.2) is 0 Å². The van der Waals surface area contributed by atoms with Gasteiger partial charge < -0.3 is 45.6 Å². The van der Waals surface area contributed by atoms with Crippen molar-refractivity contribution < 1.29 is 64.8 Å². The fraction of sp³-hybridized carbons (Fsp3) is 0.615. The van der Waals surface area contributed by atoms with Gasteiger partial charge in [0.1, 0.15) is 18.3 Å². The van der Waals surface area contributed by atoms with Gasteiger partial charge in [-0.15, -0.1) is 0 Å². The molecule has 0 bridgehead atoms. The molecule has 0 rings (SSSR count). The Morgan fingerprint density at radius 1 is 0.731 bits per heavy atom. The van der Waals surface area contributed by atoms with Gasteiger partial charge in [0.25, 0.3) is 23.9 Å². The van der Waals surface area contributed by atoms with Crippen molar-refractivity contribution in [2.75, 3.05) is 6.61 Å². The molecule has 156 valence electrons. The van der Waals surface area contributed by atoms with Crippen LogP contribution < -0.4 is 0 Å². The smallest absolute Gasteiger partial charge is 0.300 e. The molecule has 0 aliphatic carbocycles. The van der Waals surface area contributed by atoms with Gasteiger partial charge in [0.2, 0.25) is 0 Å². The van der Waals surface area contributed by atoms with Gasteiger partial charge in [0.15, 0.2) is 6.29 Å². The standard InChI is InChI=1S/C5H10O5.4C2H4O2/c6-1-3(8)5(10)4(9)2-7;4*1-2(3)4/h1,3-5,7-10H,2H2;4*1H3,(H,3,4)/t3-,4+,5+;;;;/m0..../s1. The number of hydrogen-bond donors (Lipinski definition) is 8. The van der Waals surface area contributed by atoms with Gasteiger partial charge >= 0.3 is 0 Å². The summed E-state index contributed by atoms with van der Waals surface area (Å²) in [7, 11) is 0. The van der Waals surface area contributed by atoms with Gasteiger partial charge in [-0.2, -0.15) is 0 Å². The van der Waals surface area contributed by atoms with Crippen LogP contribution in [0.25, 0.3) is 0 Å². The summed E-state index contributed by atoms with van der Waals surface area (Å²) in [5, 5.41) is 63.7. The lowest BCUT2D eigenvalue weighted by molar-refractivity contribution is -0.135. The molecule has 0 aromatic rings. The van der Waals surface area contributed by atoms with Crippen molar-refractivity contribution in [2.24, 2.45) is 0 Å². The summed E-state index contributed by atoms with van der Waals surface area (Å²) >= 11 is 0. The third-order valence-electron chi connectivity index (χ3n) is 1.07. The highest BCUT2D eigenvalue weighted by molar-refractivity contribution is 5.63. The van der Waals surface area contributed by atoms with Crippen molar-refractivity contribution in [2.45, 2.75) is 46.0 Å². The summed E-state index contributed by atoms with van der Waals surface area (Å²) < 4.78 is 0. The average Bonchev–Trinajstić information content (AvgIpc) is 2.42. The first-order valence-electron chi connectivity index (χ1n) is 6.45. The maximum atomic E-state index is 9.76. The molecule has 0 aliphatic heterocycles. The molecule has 0 saturated heterocycles. The van der Waals surface area contributed by atoms with E-state index in [0.29, 0.717) is 0 Å². The summed E-state index contributed by atoms with van der Waals surface area (Å²) in [5.74, 6) is -3.33. The molecule has 13 nitrogen and oxygen atoms in total. The first-order valence-corrected chi connectivity index (χ1v) is 6.45. The number of carboxylic acid groups (broad SMARTS) is 4. The predicted octanol–water partition coefficient (Wildman–Crippen LogP) is -2.38. The van der Waals surface area contributed by atoms with Crippen LogP contribution in [0.3, 0.4) is 0 Å². The topological polar surface area (TPSA) is 247 Å². The van der Waals surface area contributed by atoms with Crippen LogP contribution in [-0.4, -0.2) is 95.9 Å². The molecule has 8 N–H and O–H groups in total. The molecule has 0 amide bonds. The molecule has 3 atom stereocenters. The maximum Gasteiger partial charge on any atom is 0.300 e. The Hall–Kier alpha value is -2.61. The second-order valence-corrected chi connectivity index (χ2v) is 3.94. The summed E-state index contributed by atoms with van der Waals surface area (Å²) in [6, 6.07) is 0. The summed E-state index contributed by atoms with van der Waals surface area (Å²) in [6.45, 7) is 3.64. The number of carboxylic acids is 4. The molecule has 0 aliphatic rings. The molecule has 0 aromatic heterocycles.